The van der Waals surface area contributed by atoms with Gasteiger partial charge in [-0.2, -0.15) is 0 Å². The number of benzene rings is 1. The Labute approximate surface area is 138 Å². The van der Waals surface area contributed by atoms with Gasteiger partial charge >= 0.3 is 5.97 Å². The summed E-state index contributed by atoms with van der Waals surface area (Å²) in [5.74, 6) is -1.53. The van der Waals surface area contributed by atoms with Crippen LogP contribution in [-0.4, -0.2) is 23.0 Å². The van der Waals surface area contributed by atoms with Crippen molar-refractivity contribution in [3.63, 3.8) is 0 Å². The highest BCUT2D eigenvalue weighted by atomic mass is 16.4. The molecule has 1 fully saturated rings. The monoisotopic (exact) mass is 317 g/mol. The average molecular weight is 317 g/mol. The average Bonchev–Trinajstić information content (AvgIpc) is 2.46. The van der Waals surface area contributed by atoms with Gasteiger partial charge in [-0.25, -0.2) is 0 Å². The van der Waals surface area contributed by atoms with Gasteiger partial charge in [-0.1, -0.05) is 48.6 Å². The standard InChI is InChI=1S/C19H27NO3/c1-13-8-14(2)10-15(9-13)11-16(12-18(21)22)19(23)20-17-6-4-3-5-7-17/h8-10,16-17H,3-7,11-12H2,1-2H3,(H,20,23)(H,21,22)/t16-/m0/s1. The highest BCUT2D eigenvalue weighted by Gasteiger charge is 2.25. The molecule has 1 aromatic carbocycles. The summed E-state index contributed by atoms with van der Waals surface area (Å²) >= 11 is 0. The third-order valence-electron chi connectivity index (χ3n) is 4.51. The van der Waals surface area contributed by atoms with Gasteiger partial charge in [0.25, 0.3) is 0 Å². The molecular formula is C19H27NO3. The molecule has 4 heteroatoms. The predicted octanol–water partition coefficient (Wildman–Crippen LogP) is 3.39. The van der Waals surface area contributed by atoms with Crippen LogP contribution in [0.25, 0.3) is 0 Å². The van der Waals surface area contributed by atoms with Gasteiger partial charge in [-0.3, -0.25) is 9.59 Å². The molecule has 4 nitrogen and oxygen atoms in total. The number of nitrogens with one attached hydrogen (secondary N) is 1. The van der Waals surface area contributed by atoms with E-state index in [4.69, 9.17) is 5.11 Å². The van der Waals surface area contributed by atoms with Crippen LogP contribution in [-0.2, 0) is 16.0 Å². The van der Waals surface area contributed by atoms with Gasteiger partial charge in [-0.05, 0) is 38.7 Å². The number of aliphatic carboxylic acids is 1. The molecule has 1 aliphatic rings. The number of carbonyl (C=O) groups excluding carboxylic acids is 1. The smallest absolute Gasteiger partial charge is 0.304 e. The fraction of sp³-hybridized carbons (Fsp3) is 0.579. The zero-order chi connectivity index (χ0) is 16.8. The van der Waals surface area contributed by atoms with Gasteiger partial charge in [0.2, 0.25) is 5.91 Å². The second-order valence-electron chi connectivity index (χ2n) is 6.84. The van der Waals surface area contributed by atoms with Crippen molar-refractivity contribution in [1.29, 1.82) is 0 Å². The first kappa shape index (κ1) is 17.5. The van der Waals surface area contributed by atoms with Gasteiger partial charge in [-0.15, -0.1) is 0 Å². The molecule has 23 heavy (non-hydrogen) atoms. The predicted molar refractivity (Wildman–Crippen MR) is 90.4 cm³/mol. The Morgan fingerprint density at radius 2 is 1.74 bits per heavy atom. The van der Waals surface area contributed by atoms with Crippen molar-refractivity contribution in [3.05, 3.63) is 34.9 Å². The molecule has 126 valence electrons. The van der Waals surface area contributed by atoms with Crippen LogP contribution in [0.15, 0.2) is 18.2 Å². The van der Waals surface area contributed by atoms with E-state index in [1.54, 1.807) is 0 Å². The molecule has 1 atom stereocenters. The molecule has 0 radical (unpaired) electrons. The Bertz CT molecular complexity index is 541. The van der Waals surface area contributed by atoms with E-state index in [0.717, 1.165) is 42.4 Å². The first-order valence-electron chi connectivity index (χ1n) is 8.53. The minimum atomic E-state index is -0.918. The van der Waals surface area contributed by atoms with E-state index >= 15 is 0 Å². The SMILES string of the molecule is Cc1cc(C)cc(C[C@@H](CC(=O)O)C(=O)NC2CCCCC2)c1. The van der Waals surface area contributed by atoms with Crippen LogP contribution in [0.5, 0.6) is 0 Å². The number of hydrogen-bond acceptors (Lipinski definition) is 2. The molecule has 0 heterocycles. The summed E-state index contributed by atoms with van der Waals surface area (Å²) in [5, 5.41) is 12.2. The quantitative estimate of drug-likeness (QED) is 0.845. The topological polar surface area (TPSA) is 66.4 Å². The summed E-state index contributed by atoms with van der Waals surface area (Å²) < 4.78 is 0. The molecule has 0 spiro atoms. The van der Waals surface area contributed by atoms with E-state index in [2.05, 4.69) is 11.4 Å². The summed E-state index contributed by atoms with van der Waals surface area (Å²) in [4.78, 5) is 23.7. The van der Waals surface area contributed by atoms with Gasteiger partial charge in [0.15, 0.2) is 0 Å². The minimum Gasteiger partial charge on any atom is -0.481 e. The summed E-state index contributed by atoms with van der Waals surface area (Å²) in [6.45, 7) is 4.04. The van der Waals surface area contributed by atoms with Crippen LogP contribution >= 0.6 is 0 Å². The molecule has 2 N–H and O–H groups in total. The van der Waals surface area contributed by atoms with Crippen molar-refractivity contribution in [2.45, 2.75) is 64.8 Å². The lowest BCUT2D eigenvalue weighted by molar-refractivity contribution is -0.141. The van der Waals surface area contributed by atoms with Crippen LogP contribution in [0, 0.1) is 19.8 Å². The zero-order valence-corrected chi connectivity index (χ0v) is 14.1. The molecule has 0 unspecified atom stereocenters. The number of amides is 1. The summed E-state index contributed by atoms with van der Waals surface area (Å²) in [5.41, 5.74) is 3.32. The van der Waals surface area contributed by atoms with Crippen molar-refractivity contribution >= 4 is 11.9 Å². The van der Waals surface area contributed by atoms with E-state index in [0.29, 0.717) is 6.42 Å². The molecule has 1 aromatic rings. The first-order chi connectivity index (χ1) is 10.9. The van der Waals surface area contributed by atoms with Crippen molar-refractivity contribution < 1.29 is 14.7 Å². The second-order valence-corrected chi connectivity index (χ2v) is 6.84. The second kappa shape index (κ2) is 8.14. The summed E-state index contributed by atoms with van der Waals surface area (Å²) in [6.07, 6.45) is 5.90. The molecule has 0 bridgehead atoms. The minimum absolute atomic E-state index is 0.113. The highest BCUT2D eigenvalue weighted by Crippen LogP contribution is 2.20. The van der Waals surface area contributed by atoms with Crippen LogP contribution in [0.3, 0.4) is 0 Å². The zero-order valence-electron chi connectivity index (χ0n) is 14.1. The van der Waals surface area contributed by atoms with Gasteiger partial charge in [0.1, 0.15) is 0 Å². The Kier molecular flexibility index (Phi) is 6.20. The normalized spacial score (nSPS) is 16.8. The molecule has 0 saturated heterocycles. The number of carbonyl (C=O) groups is 2. The lowest BCUT2D eigenvalue weighted by Gasteiger charge is -2.25. The van der Waals surface area contributed by atoms with Crippen molar-refractivity contribution in [2.24, 2.45) is 5.92 Å². The van der Waals surface area contributed by atoms with Gasteiger partial charge < -0.3 is 10.4 Å². The van der Waals surface area contributed by atoms with Gasteiger partial charge in [0, 0.05) is 6.04 Å². The maximum Gasteiger partial charge on any atom is 0.304 e. The Morgan fingerprint density at radius 1 is 1.13 bits per heavy atom. The maximum atomic E-state index is 12.5. The van der Waals surface area contributed by atoms with Crippen LogP contribution in [0.4, 0.5) is 0 Å². The Hall–Kier alpha value is -1.84. The molecule has 0 aliphatic heterocycles. The maximum absolute atomic E-state index is 12.5. The molecular weight excluding hydrogens is 290 g/mol. The van der Waals surface area contributed by atoms with Crippen molar-refractivity contribution in [2.75, 3.05) is 0 Å². The van der Waals surface area contributed by atoms with E-state index < -0.39 is 11.9 Å². The van der Waals surface area contributed by atoms with E-state index in [1.165, 1.54) is 6.42 Å². The number of carboxylic acid groups (broad SMARTS) is 1. The fourth-order valence-corrected chi connectivity index (χ4v) is 3.51. The molecule has 0 aromatic heterocycles. The van der Waals surface area contributed by atoms with Crippen molar-refractivity contribution in [1.82, 2.24) is 5.32 Å². The Morgan fingerprint density at radius 3 is 2.30 bits per heavy atom. The largest absolute Gasteiger partial charge is 0.481 e. The number of rotatable bonds is 6. The van der Waals surface area contributed by atoms with E-state index in [9.17, 15) is 9.59 Å². The number of aryl methyl sites for hydroxylation is 2. The molecule has 1 aliphatic carbocycles. The first-order valence-corrected chi connectivity index (χ1v) is 8.53. The molecule has 1 amide bonds. The lowest BCUT2D eigenvalue weighted by atomic mass is 9.91. The third kappa shape index (κ3) is 5.70. The number of hydrogen-bond donors (Lipinski definition) is 2. The lowest BCUT2D eigenvalue weighted by Crippen LogP contribution is -2.41. The summed E-state index contributed by atoms with van der Waals surface area (Å²) in [6, 6.07) is 6.37. The van der Waals surface area contributed by atoms with Gasteiger partial charge in [0.05, 0.1) is 12.3 Å². The van der Waals surface area contributed by atoms with Crippen LogP contribution in [0.1, 0.15) is 55.2 Å². The van der Waals surface area contributed by atoms with E-state index in [1.807, 2.05) is 26.0 Å². The highest BCUT2D eigenvalue weighted by molar-refractivity contribution is 5.83. The van der Waals surface area contributed by atoms with E-state index in [-0.39, 0.29) is 18.4 Å². The number of carboxylic acids is 1. The summed E-state index contributed by atoms with van der Waals surface area (Å²) in [7, 11) is 0. The van der Waals surface area contributed by atoms with Crippen LogP contribution < -0.4 is 5.32 Å². The fourth-order valence-electron chi connectivity index (χ4n) is 3.51. The molecule has 2 rings (SSSR count). The van der Waals surface area contributed by atoms with Crippen LogP contribution in [0.2, 0.25) is 0 Å². The molecule has 1 saturated carbocycles. The van der Waals surface area contributed by atoms with Crippen molar-refractivity contribution in [3.8, 4) is 0 Å². The third-order valence-corrected chi connectivity index (χ3v) is 4.51. The Balaban J connectivity index is 2.05.